The number of rotatable bonds is 3. The number of nitrogens with zero attached hydrogens (tertiary/aromatic N) is 3. The Morgan fingerprint density at radius 1 is 1.23 bits per heavy atom. The van der Waals surface area contributed by atoms with E-state index in [0.717, 1.165) is 6.26 Å². The first-order valence-corrected chi connectivity index (χ1v) is 10.1. The Hall–Kier alpha value is -2.23. The van der Waals surface area contributed by atoms with Crippen molar-refractivity contribution in [3.05, 3.63) is 17.0 Å². The molecule has 1 aliphatic heterocycles. The lowest BCUT2D eigenvalue weighted by atomic mass is 10.0. The Kier molecular flexibility index (Phi) is 5.55. The second kappa shape index (κ2) is 7.18. The van der Waals surface area contributed by atoms with Gasteiger partial charge in [-0.05, 0) is 27.7 Å². The van der Waals surface area contributed by atoms with Gasteiger partial charge in [0.1, 0.15) is 5.60 Å². The van der Waals surface area contributed by atoms with Gasteiger partial charge in [-0.15, -0.1) is 0 Å². The van der Waals surface area contributed by atoms with Crippen LogP contribution in [0.4, 0.5) is 4.79 Å². The van der Waals surface area contributed by atoms with Gasteiger partial charge in [0.15, 0.2) is 5.69 Å². The van der Waals surface area contributed by atoms with E-state index in [9.17, 15) is 18.0 Å². The van der Waals surface area contributed by atoms with Crippen molar-refractivity contribution in [2.75, 3.05) is 19.4 Å². The van der Waals surface area contributed by atoms with Crippen LogP contribution in [0, 0.1) is 0 Å². The van der Waals surface area contributed by atoms with Crippen molar-refractivity contribution in [1.29, 1.82) is 0 Å². The summed E-state index contributed by atoms with van der Waals surface area (Å²) in [4.78, 5) is 34.0. The molecule has 1 aliphatic rings. The Morgan fingerprint density at radius 3 is 2.42 bits per heavy atom. The molecule has 0 spiro atoms. The lowest BCUT2D eigenvalue weighted by Gasteiger charge is -2.31. The largest absolute Gasteiger partial charge is 0.461 e. The predicted molar refractivity (Wildman–Crippen MR) is 91.4 cm³/mol. The third-order valence-electron chi connectivity index (χ3n) is 3.49. The molecule has 1 aromatic heterocycles. The summed E-state index contributed by atoms with van der Waals surface area (Å²) in [5.41, 5.74) is 0.0135. The molecule has 26 heavy (non-hydrogen) atoms. The van der Waals surface area contributed by atoms with Gasteiger partial charge in [-0.25, -0.2) is 28.0 Å². The first kappa shape index (κ1) is 20.1. The highest BCUT2D eigenvalue weighted by Crippen LogP contribution is 2.24. The lowest BCUT2D eigenvalue weighted by Crippen LogP contribution is -2.41. The zero-order valence-corrected chi connectivity index (χ0v) is 16.3. The fourth-order valence-electron chi connectivity index (χ4n) is 2.41. The number of amides is 1. The van der Waals surface area contributed by atoms with Crippen molar-refractivity contribution in [3.63, 3.8) is 0 Å². The van der Waals surface area contributed by atoms with Crippen molar-refractivity contribution < 1.29 is 27.5 Å². The van der Waals surface area contributed by atoms with Gasteiger partial charge in [-0.1, -0.05) is 0 Å². The normalized spacial score (nSPS) is 14.6. The highest BCUT2D eigenvalue weighted by Gasteiger charge is 2.32. The highest BCUT2D eigenvalue weighted by atomic mass is 32.2. The van der Waals surface area contributed by atoms with Crippen LogP contribution in [-0.2, 0) is 32.3 Å². The molecule has 0 aromatic carbocycles. The molecule has 0 saturated heterocycles. The van der Waals surface area contributed by atoms with Gasteiger partial charge in [-0.3, -0.25) is 0 Å². The third kappa shape index (κ3) is 4.69. The van der Waals surface area contributed by atoms with Crippen LogP contribution in [0.5, 0.6) is 0 Å². The highest BCUT2D eigenvalue weighted by molar-refractivity contribution is 7.90. The summed E-state index contributed by atoms with van der Waals surface area (Å²) in [6.07, 6.45) is 0.732. The lowest BCUT2D eigenvalue weighted by molar-refractivity contribution is 0.0217. The van der Waals surface area contributed by atoms with E-state index in [1.54, 1.807) is 27.7 Å². The van der Waals surface area contributed by atoms with Crippen LogP contribution in [0.15, 0.2) is 5.16 Å². The number of hydrogen-bond acceptors (Lipinski definition) is 8. The molecule has 1 amide bonds. The van der Waals surface area contributed by atoms with E-state index in [1.165, 1.54) is 4.90 Å². The average Bonchev–Trinajstić information content (AvgIpc) is 2.51. The van der Waals surface area contributed by atoms with Crippen LogP contribution in [0.1, 0.15) is 49.4 Å². The van der Waals surface area contributed by atoms with E-state index in [1.807, 2.05) is 0 Å². The fourth-order valence-corrected chi connectivity index (χ4v) is 2.94. The molecule has 9 nitrogen and oxygen atoms in total. The number of fused-ring (bicyclic) bond motifs is 1. The minimum Gasteiger partial charge on any atom is -0.461 e. The summed E-state index contributed by atoms with van der Waals surface area (Å²) in [5.74, 6) is -0.748. The molecule has 2 rings (SSSR count). The van der Waals surface area contributed by atoms with Gasteiger partial charge in [0, 0.05) is 24.8 Å². The minimum absolute atomic E-state index is 0.0441. The number of carbonyl (C=O) groups is 2. The number of aromatic nitrogens is 2. The maximum absolute atomic E-state index is 12.3. The second-order valence-electron chi connectivity index (χ2n) is 6.92. The Balaban J connectivity index is 2.44. The first-order chi connectivity index (χ1) is 11.9. The number of ether oxygens (including phenoxy) is 2. The molecule has 0 radical (unpaired) electrons. The number of esters is 1. The van der Waals surface area contributed by atoms with Gasteiger partial charge in [0.2, 0.25) is 15.0 Å². The Bertz CT molecular complexity index is 829. The number of hydrogen-bond donors (Lipinski definition) is 0. The topological polar surface area (TPSA) is 116 Å². The Morgan fingerprint density at radius 2 is 1.88 bits per heavy atom. The zero-order chi connectivity index (χ0) is 19.7. The van der Waals surface area contributed by atoms with Crippen molar-refractivity contribution in [2.45, 2.75) is 51.4 Å². The molecule has 1 aromatic rings. The average molecular weight is 385 g/mol. The Labute approximate surface area is 152 Å². The van der Waals surface area contributed by atoms with Gasteiger partial charge < -0.3 is 14.4 Å². The van der Waals surface area contributed by atoms with Crippen LogP contribution >= 0.6 is 0 Å². The van der Waals surface area contributed by atoms with Gasteiger partial charge in [0.05, 0.1) is 18.8 Å². The molecule has 0 atom stereocenters. The van der Waals surface area contributed by atoms with Crippen LogP contribution < -0.4 is 0 Å². The molecule has 0 bridgehead atoms. The summed E-state index contributed by atoms with van der Waals surface area (Å²) < 4.78 is 34.0. The van der Waals surface area contributed by atoms with Gasteiger partial charge >= 0.3 is 12.1 Å². The van der Waals surface area contributed by atoms with E-state index in [2.05, 4.69) is 9.97 Å². The van der Waals surface area contributed by atoms with E-state index >= 15 is 0 Å². The summed E-state index contributed by atoms with van der Waals surface area (Å²) in [6.45, 7) is 7.36. The SMILES string of the molecule is CCOC(=O)c1nc(S(C)(=O)=O)nc2c1CN(C(=O)OC(C)(C)C)CC2. The summed E-state index contributed by atoms with van der Waals surface area (Å²) >= 11 is 0. The van der Waals surface area contributed by atoms with Crippen molar-refractivity contribution in [2.24, 2.45) is 0 Å². The molecule has 144 valence electrons. The van der Waals surface area contributed by atoms with E-state index in [-0.39, 0.29) is 25.3 Å². The van der Waals surface area contributed by atoms with Gasteiger partial charge in [-0.2, -0.15) is 0 Å². The van der Waals surface area contributed by atoms with Crippen LogP contribution in [0.2, 0.25) is 0 Å². The monoisotopic (exact) mass is 385 g/mol. The standard InChI is InChI=1S/C16H23N3O6S/c1-6-24-13(20)12-10-9-19(15(21)25-16(2,3)4)8-7-11(10)17-14(18-12)26(5,22)23/h6-9H2,1-5H3. The molecule has 0 unspecified atom stereocenters. The molecule has 2 heterocycles. The molecule has 0 saturated carbocycles. The summed E-state index contributed by atoms with van der Waals surface area (Å²) in [7, 11) is -3.70. The smallest absolute Gasteiger partial charge is 0.410 e. The van der Waals surface area contributed by atoms with E-state index in [4.69, 9.17) is 9.47 Å². The summed E-state index contributed by atoms with van der Waals surface area (Å²) in [5, 5.41) is -0.426. The molecule has 0 aliphatic carbocycles. The molecular weight excluding hydrogens is 362 g/mol. The quantitative estimate of drug-likeness (QED) is 0.565. The number of carbonyl (C=O) groups excluding carboxylic acids is 2. The number of sulfone groups is 1. The van der Waals surface area contributed by atoms with Crippen molar-refractivity contribution in [3.8, 4) is 0 Å². The molecular formula is C16H23N3O6S. The minimum atomic E-state index is -3.70. The van der Waals surface area contributed by atoms with Crippen LogP contribution in [-0.4, -0.2) is 60.4 Å². The summed E-state index contributed by atoms with van der Waals surface area (Å²) in [6, 6.07) is 0. The van der Waals surface area contributed by atoms with Crippen LogP contribution in [0.3, 0.4) is 0 Å². The van der Waals surface area contributed by atoms with Crippen LogP contribution in [0.25, 0.3) is 0 Å². The second-order valence-corrected chi connectivity index (χ2v) is 8.83. The maximum Gasteiger partial charge on any atom is 0.410 e. The zero-order valence-electron chi connectivity index (χ0n) is 15.5. The predicted octanol–water partition coefficient (Wildman–Crippen LogP) is 1.35. The third-order valence-corrected chi connectivity index (χ3v) is 4.34. The van der Waals surface area contributed by atoms with Crippen molar-refractivity contribution in [1.82, 2.24) is 14.9 Å². The van der Waals surface area contributed by atoms with E-state index in [0.29, 0.717) is 17.8 Å². The fraction of sp³-hybridized carbons (Fsp3) is 0.625. The maximum atomic E-state index is 12.3. The molecule has 0 fully saturated rings. The first-order valence-electron chi connectivity index (χ1n) is 8.17. The molecule has 0 N–H and O–H groups in total. The van der Waals surface area contributed by atoms with Gasteiger partial charge in [0.25, 0.3) is 0 Å². The van der Waals surface area contributed by atoms with Crippen molar-refractivity contribution >= 4 is 21.9 Å². The van der Waals surface area contributed by atoms with E-state index < -0.39 is 32.7 Å². The molecule has 10 heteroatoms.